The average molecular weight is 236 g/mol. The molecule has 2 aliphatic carbocycles. The van der Waals surface area contributed by atoms with Crippen LogP contribution in [0.4, 0.5) is 0 Å². The topological polar surface area (TPSA) is 29.3 Å². The third-order valence-electron chi connectivity index (χ3n) is 5.44. The lowest BCUT2D eigenvalue weighted by atomic mass is 9.76. The molecule has 2 nitrogen and oxygen atoms in total. The zero-order valence-corrected chi connectivity index (χ0v) is 11.1. The Kier molecular flexibility index (Phi) is 3.72. The van der Waals surface area contributed by atoms with Crippen LogP contribution in [0.1, 0.15) is 64.2 Å². The summed E-state index contributed by atoms with van der Waals surface area (Å²) in [5.41, 5.74) is 6.17. The van der Waals surface area contributed by atoms with Crippen LogP contribution in [0.5, 0.6) is 0 Å². The molecule has 0 aromatic carbocycles. The van der Waals surface area contributed by atoms with Gasteiger partial charge >= 0.3 is 0 Å². The second-order valence-electron chi connectivity index (χ2n) is 6.57. The summed E-state index contributed by atoms with van der Waals surface area (Å²) in [5.74, 6) is 1.02. The number of nitrogens with two attached hydrogens (primary N) is 1. The zero-order valence-electron chi connectivity index (χ0n) is 11.1. The highest BCUT2D eigenvalue weighted by atomic mass is 15.2. The summed E-state index contributed by atoms with van der Waals surface area (Å²) in [6.07, 6.45) is 14.2. The maximum atomic E-state index is 6.17. The Morgan fingerprint density at radius 2 is 1.65 bits per heavy atom. The summed E-state index contributed by atoms with van der Waals surface area (Å²) in [4.78, 5) is 2.88. The van der Waals surface area contributed by atoms with E-state index in [9.17, 15) is 0 Å². The smallest absolute Gasteiger partial charge is 0.0126 e. The highest BCUT2D eigenvalue weighted by Gasteiger charge is 2.37. The van der Waals surface area contributed by atoms with Crippen LogP contribution in [0.3, 0.4) is 0 Å². The predicted molar refractivity (Wildman–Crippen MR) is 71.9 cm³/mol. The minimum Gasteiger partial charge on any atom is -0.328 e. The van der Waals surface area contributed by atoms with Crippen molar-refractivity contribution in [2.45, 2.75) is 82.3 Å². The molecule has 3 aliphatic rings. The lowest BCUT2D eigenvalue weighted by molar-refractivity contribution is 0.0107. The second-order valence-corrected chi connectivity index (χ2v) is 6.57. The minimum atomic E-state index is 0.484. The maximum Gasteiger partial charge on any atom is 0.0126 e. The Hall–Kier alpha value is -0.0800. The molecule has 1 heterocycles. The Morgan fingerprint density at radius 1 is 0.824 bits per heavy atom. The van der Waals surface area contributed by atoms with E-state index in [1.54, 1.807) is 0 Å². The summed E-state index contributed by atoms with van der Waals surface area (Å²) >= 11 is 0. The van der Waals surface area contributed by atoms with Gasteiger partial charge in [0.1, 0.15) is 0 Å². The molecule has 98 valence electrons. The highest BCUT2D eigenvalue weighted by Crippen LogP contribution is 2.38. The largest absolute Gasteiger partial charge is 0.328 e. The van der Waals surface area contributed by atoms with E-state index in [0.717, 1.165) is 18.0 Å². The molecule has 2 unspecified atom stereocenters. The molecule has 2 N–H and O–H groups in total. The Bertz CT molecular complexity index is 251. The number of rotatable bonds is 1. The van der Waals surface area contributed by atoms with E-state index < -0.39 is 0 Å². The van der Waals surface area contributed by atoms with Gasteiger partial charge in [-0.05, 0) is 57.4 Å². The van der Waals surface area contributed by atoms with E-state index in [2.05, 4.69) is 4.90 Å². The van der Waals surface area contributed by atoms with Crippen LogP contribution < -0.4 is 5.73 Å². The third-order valence-corrected chi connectivity index (χ3v) is 5.44. The summed E-state index contributed by atoms with van der Waals surface area (Å²) in [5, 5.41) is 0. The van der Waals surface area contributed by atoms with Crippen LogP contribution in [0.15, 0.2) is 0 Å². The van der Waals surface area contributed by atoms with E-state index in [4.69, 9.17) is 5.73 Å². The van der Waals surface area contributed by atoms with Crippen LogP contribution in [0.2, 0.25) is 0 Å². The van der Waals surface area contributed by atoms with Crippen LogP contribution in [-0.4, -0.2) is 29.6 Å². The van der Waals surface area contributed by atoms with E-state index in [1.807, 2.05) is 0 Å². The van der Waals surface area contributed by atoms with Gasteiger partial charge in [0.2, 0.25) is 0 Å². The fraction of sp³-hybridized carbons (Fsp3) is 1.00. The van der Waals surface area contributed by atoms with Crippen LogP contribution >= 0.6 is 0 Å². The fourth-order valence-electron chi connectivity index (χ4n) is 4.62. The van der Waals surface area contributed by atoms with Gasteiger partial charge < -0.3 is 5.73 Å². The Labute approximate surface area is 106 Å². The van der Waals surface area contributed by atoms with E-state index in [0.29, 0.717) is 6.04 Å². The fourth-order valence-corrected chi connectivity index (χ4v) is 4.62. The first-order chi connectivity index (χ1) is 8.34. The van der Waals surface area contributed by atoms with Crippen molar-refractivity contribution in [1.82, 2.24) is 4.90 Å². The number of likely N-dealkylation sites (tertiary alicyclic amines) is 1. The monoisotopic (exact) mass is 236 g/mol. The molecule has 0 aromatic heterocycles. The molecule has 2 saturated carbocycles. The third kappa shape index (κ3) is 2.53. The standard InChI is InChI=1S/C15H28N2/c16-13-7-3-8-14(11-13)17-10-4-6-12-5-1-2-9-15(12)17/h12-15H,1-11,16H2/t12-,13?,14?,15-/m1/s1. The first kappa shape index (κ1) is 12.0. The molecular formula is C15H28N2. The minimum absolute atomic E-state index is 0.484. The van der Waals surface area contributed by atoms with Gasteiger partial charge in [-0.1, -0.05) is 19.3 Å². The number of fused-ring (bicyclic) bond motifs is 1. The van der Waals surface area contributed by atoms with Crippen molar-refractivity contribution in [3.63, 3.8) is 0 Å². The normalized spacial score (nSPS) is 44.3. The van der Waals surface area contributed by atoms with Gasteiger partial charge in [-0.2, -0.15) is 0 Å². The first-order valence-electron chi connectivity index (χ1n) is 7.86. The van der Waals surface area contributed by atoms with Crippen molar-refractivity contribution >= 4 is 0 Å². The van der Waals surface area contributed by atoms with E-state index in [1.165, 1.54) is 70.8 Å². The molecule has 4 atom stereocenters. The van der Waals surface area contributed by atoms with Crippen molar-refractivity contribution in [3.05, 3.63) is 0 Å². The SMILES string of the molecule is NC1CCCC(N2CCC[C@H]3CCCC[C@H]32)C1. The van der Waals surface area contributed by atoms with Gasteiger partial charge in [-0.25, -0.2) is 0 Å². The Morgan fingerprint density at radius 3 is 2.53 bits per heavy atom. The van der Waals surface area contributed by atoms with Crippen molar-refractivity contribution in [3.8, 4) is 0 Å². The molecule has 0 bridgehead atoms. The van der Waals surface area contributed by atoms with Crippen molar-refractivity contribution in [1.29, 1.82) is 0 Å². The highest BCUT2D eigenvalue weighted by molar-refractivity contribution is 4.92. The summed E-state index contributed by atoms with van der Waals surface area (Å²) in [6.45, 7) is 1.36. The quantitative estimate of drug-likeness (QED) is 0.758. The lowest BCUT2D eigenvalue weighted by Gasteiger charge is -2.49. The molecule has 17 heavy (non-hydrogen) atoms. The summed E-state index contributed by atoms with van der Waals surface area (Å²) < 4.78 is 0. The molecule has 2 heteroatoms. The van der Waals surface area contributed by atoms with Gasteiger partial charge in [0.05, 0.1) is 0 Å². The molecule has 0 amide bonds. The van der Waals surface area contributed by atoms with Gasteiger partial charge in [0.25, 0.3) is 0 Å². The summed E-state index contributed by atoms with van der Waals surface area (Å²) in [6, 6.07) is 2.23. The molecule has 3 fully saturated rings. The summed E-state index contributed by atoms with van der Waals surface area (Å²) in [7, 11) is 0. The molecule has 1 aliphatic heterocycles. The Balaban J connectivity index is 1.67. The molecule has 1 saturated heterocycles. The second kappa shape index (κ2) is 5.27. The first-order valence-corrected chi connectivity index (χ1v) is 7.86. The van der Waals surface area contributed by atoms with Crippen molar-refractivity contribution in [2.75, 3.05) is 6.54 Å². The molecule has 3 rings (SSSR count). The van der Waals surface area contributed by atoms with Gasteiger partial charge in [-0.15, -0.1) is 0 Å². The van der Waals surface area contributed by atoms with E-state index in [-0.39, 0.29) is 0 Å². The predicted octanol–water partition coefficient (Wildman–Crippen LogP) is 2.91. The molecule has 0 aromatic rings. The van der Waals surface area contributed by atoms with Crippen LogP contribution in [-0.2, 0) is 0 Å². The van der Waals surface area contributed by atoms with Crippen molar-refractivity contribution < 1.29 is 0 Å². The average Bonchev–Trinajstić information content (AvgIpc) is 2.38. The van der Waals surface area contributed by atoms with Gasteiger partial charge in [0, 0.05) is 18.1 Å². The molecular weight excluding hydrogens is 208 g/mol. The lowest BCUT2D eigenvalue weighted by Crippen LogP contribution is -2.53. The van der Waals surface area contributed by atoms with E-state index >= 15 is 0 Å². The number of hydrogen-bond donors (Lipinski definition) is 1. The van der Waals surface area contributed by atoms with Crippen LogP contribution in [0.25, 0.3) is 0 Å². The van der Waals surface area contributed by atoms with Crippen LogP contribution in [0, 0.1) is 5.92 Å². The number of piperidine rings is 1. The molecule has 0 radical (unpaired) electrons. The van der Waals surface area contributed by atoms with Gasteiger partial charge in [-0.3, -0.25) is 4.90 Å². The number of nitrogens with zero attached hydrogens (tertiary/aromatic N) is 1. The zero-order chi connectivity index (χ0) is 11.7. The van der Waals surface area contributed by atoms with Gasteiger partial charge in [0.15, 0.2) is 0 Å². The number of hydrogen-bond acceptors (Lipinski definition) is 2. The maximum absolute atomic E-state index is 6.17. The van der Waals surface area contributed by atoms with Crippen molar-refractivity contribution in [2.24, 2.45) is 11.7 Å². The molecule has 0 spiro atoms.